The highest BCUT2D eigenvalue weighted by atomic mass is 79.9. The molecule has 0 aliphatic rings. The van der Waals surface area contributed by atoms with Crippen LogP contribution >= 0.6 is 15.9 Å². The number of hydrogen-bond acceptors (Lipinski definition) is 6. The third-order valence-corrected chi connectivity index (χ3v) is 4.97. The van der Waals surface area contributed by atoms with Crippen LogP contribution in [0.2, 0.25) is 0 Å². The molecule has 4 rings (SSSR count). The normalized spacial score (nSPS) is 9.47. The lowest BCUT2D eigenvalue weighted by Gasteiger charge is -2.04. The van der Waals surface area contributed by atoms with Gasteiger partial charge in [-0.05, 0) is 75.5 Å². The number of halogens is 5. The second kappa shape index (κ2) is 13.7. The minimum Gasteiger partial charge on any atom is -0.423 e. The maximum Gasteiger partial charge on any atom is 0.488 e. The van der Waals surface area contributed by atoms with Gasteiger partial charge in [0.1, 0.15) is 34.9 Å². The van der Waals surface area contributed by atoms with E-state index in [2.05, 4.69) is 25.9 Å². The summed E-state index contributed by atoms with van der Waals surface area (Å²) >= 11 is 2.83. The Labute approximate surface area is 212 Å². The van der Waals surface area contributed by atoms with E-state index in [-0.39, 0.29) is 10.0 Å². The second-order valence-corrected chi connectivity index (χ2v) is 7.47. The zero-order chi connectivity index (χ0) is 26.7. The number of pyridine rings is 2. The molecule has 36 heavy (non-hydrogen) atoms. The van der Waals surface area contributed by atoms with Gasteiger partial charge < -0.3 is 10.0 Å². The Morgan fingerprint density at radius 1 is 0.694 bits per heavy atom. The number of benzene rings is 2. The summed E-state index contributed by atoms with van der Waals surface area (Å²) in [5.74, 6) is -3.38. The first-order chi connectivity index (χ1) is 17.2. The molecule has 2 aromatic heterocycles. The summed E-state index contributed by atoms with van der Waals surface area (Å²) < 4.78 is 52.2. The summed E-state index contributed by atoms with van der Waals surface area (Å²) in [5.41, 5.74) is 0.100. The summed E-state index contributed by atoms with van der Waals surface area (Å²) in [4.78, 5) is 7.50. The predicted molar refractivity (Wildman–Crippen MR) is 127 cm³/mol. The van der Waals surface area contributed by atoms with Crippen LogP contribution in [-0.4, -0.2) is 27.1 Å². The highest BCUT2D eigenvalue weighted by molar-refractivity contribution is 9.10. The van der Waals surface area contributed by atoms with Crippen LogP contribution in [0.3, 0.4) is 0 Å². The minimum absolute atomic E-state index is 0.0930. The van der Waals surface area contributed by atoms with E-state index in [4.69, 9.17) is 20.6 Å². The van der Waals surface area contributed by atoms with Crippen LogP contribution in [-0.2, 0) is 0 Å². The van der Waals surface area contributed by atoms with Crippen molar-refractivity contribution in [2.75, 3.05) is 0 Å². The van der Waals surface area contributed by atoms with Crippen molar-refractivity contribution in [2.45, 2.75) is 0 Å². The van der Waals surface area contributed by atoms with Crippen LogP contribution in [0.15, 0.2) is 77.8 Å². The second-order valence-electron chi connectivity index (χ2n) is 6.62. The van der Waals surface area contributed by atoms with Crippen LogP contribution in [0.1, 0.15) is 11.1 Å². The molecule has 0 atom stereocenters. The molecule has 0 unspecified atom stereocenters. The zero-order valence-electron chi connectivity index (χ0n) is 18.1. The van der Waals surface area contributed by atoms with E-state index in [1.807, 2.05) is 0 Å². The molecule has 180 valence electrons. The van der Waals surface area contributed by atoms with E-state index in [9.17, 15) is 17.6 Å². The summed E-state index contributed by atoms with van der Waals surface area (Å²) in [6.45, 7) is 0. The molecule has 0 radical (unpaired) electrons. The SMILES string of the molecule is N#Cc1c(F)ccc(-c2ccncc2)c1F.N#Cc1c(F)ccc(Br)c1F.OB(O)c1ccncc1. The van der Waals surface area contributed by atoms with Gasteiger partial charge >= 0.3 is 7.12 Å². The Kier molecular flexibility index (Phi) is 10.7. The Hall–Kier alpha value is -4.10. The van der Waals surface area contributed by atoms with Gasteiger partial charge in [-0.15, -0.1) is 0 Å². The predicted octanol–water partition coefficient (Wildman–Crippen LogP) is 4.26. The lowest BCUT2D eigenvalue weighted by Crippen LogP contribution is -2.29. The van der Waals surface area contributed by atoms with E-state index in [0.717, 1.165) is 12.1 Å². The van der Waals surface area contributed by atoms with Crippen LogP contribution in [0.4, 0.5) is 17.6 Å². The van der Waals surface area contributed by atoms with Crippen molar-refractivity contribution in [1.29, 1.82) is 10.5 Å². The van der Waals surface area contributed by atoms with E-state index in [0.29, 0.717) is 11.0 Å². The van der Waals surface area contributed by atoms with Gasteiger partial charge in [-0.25, -0.2) is 17.6 Å². The molecular weight excluding hydrogens is 543 g/mol. The topological polar surface area (TPSA) is 114 Å². The zero-order valence-corrected chi connectivity index (χ0v) is 19.7. The summed E-state index contributed by atoms with van der Waals surface area (Å²) in [6.07, 6.45) is 6.03. The highest BCUT2D eigenvalue weighted by Crippen LogP contribution is 2.25. The molecule has 12 heteroatoms. The molecule has 2 heterocycles. The van der Waals surface area contributed by atoms with Crippen LogP contribution in [0, 0.1) is 45.9 Å². The van der Waals surface area contributed by atoms with E-state index in [1.54, 1.807) is 24.3 Å². The summed E-state index contributed by atoms with van der Waals surface area (Å²) in [5, 5.41) is 34.0. The summed E-state index contributed by atoms with van der Waals surface area (Å²) in [7, 11) is -1.38. The largest absolute Gasteiger partial charge is 0.488 e. The molecule has 0 saturated carbocycles. The van der Waals surface area contributed by atoms with Crippen molar-refractivity contribution >= 4 is 28.5 Å². The average molecular weight is 557 g/mol. The van der Waals surface area contributed by atoms with Gasteiger partial charge in [0.15, 0.2) is 11.6 Å². The van der Waals surface area contributed by atoms with Gasteiger partial charge in [0, 0.05) is 30.4 Å². The van der Waals surface area contributed by atoms with Crippen molar-refractivity contribution in [3.8, 4) is 23.3 Å². The maximum atomic E-state index is 13.7. The Bertz CT molecular complexity index is 1400. The van der Waals surface area contributed by atoms with Gasteiger partial charge in [-0.3, -0.25) is 9.97 Å². The van der Waals surface area contributed by atoms with Gasteiger partial charge in [-0.1, -0.05) is 0 Å². The Balaban J connectivity index is 0.000000200. The molecule has 0 saturated heterocycles. The fourth-order valence-corrected chi connectivity index (χ4v) is 2.90. The molecule has 2 aromatic carbocycles. The number of nitriles is 2. The lowest BCUT2D eigenvalue weighted by molar-refractivity contribution is 0.425. The smallest absolute Gasteiger partial charge is 0.423 e. The first kappa shape index (κ1) is 28.1. The quantitative estimate of drug-likeness (QED) is 0.217. The molecule has 0 bridgehead atoms. The number of hydrogen-bond donors (Lipinski definition) is 2. The van der Waals surface area contributed by atoms with Crippen molar-refractivity contribution in [3.63, 3.8) is 0 Å². The van der Waals surface area contributed by atoms with Gasteiger partial charge in [0.25, 0.3) is 0 Å². The van der Waals surface area contributed by atoms with Gasteiger partial charge in [0.05, 0.1) is 4.47 Å². The van der Waals surface area contributed by atoms with Crippen molar-refractivity contribution in [1.82, 2.24) is 9.97 Å². The third kappa shape index (κ3) is 7.45. The van der Waals surface area contributed by atoms with Crippen molar-refractivity contribution in [2.24, 2.45) is 0 Å². The van der Waals surface area contributed by atoms with Gasteiger partial charge in [0.2, 0.25) is 0 Å². The molecule has 0 aliphatic heterocycles. The van der Waals surface area contributed by atoms with E-state index in [1.165, 1.54) is 49.1 Å². The fourth-order valence-electron chi connectivity index (χ4n) is 2.57. The minimum atomic E-state index is -1.38. The van der Waals surface area contributed by atoms with E-state index < -0.39 is 41.5 Å². The number of aromatic nitrogens is 2. The Morgan fingerprint density at radius 3 is 1.61 bits per heavy atom. The first-order valence-electron chi connectivity index (χ1n) is 9.79. The molecule has 4 aromatic rings. The monoisotopic (exact) mass is 556 g/mol. The average Bonchev–Trinajstić information content (AvgIpc) is 2.89. The van der Waals surface area contributed by atoms with Crippen molar-refractivity contribution in [3.05, 3.63) is 112 Å². The molecule has 6 nitrogen and oxygen atoms in total. The molecule has 0 fully saturated rings. The van der Waals surface area contributed by atoms with Crippen LogP contribution in [0.5, 0.6) is 0 Å². The molecule has 2 N–H and O–H groups in total. The summed E-state index contributed by atoms with van der Waals surface area (Å²) in [6, 6.07) is 13.8. The standard InChI is InChI=1S/C12H6F2N2.C7H2BrF2N.C5H6BNO2/c13-11-2-1-9(12(14)10(11)7-15)8-3-5-16-6-4-8;8-5-1-2-6(9)4(3-11)7(5)10;8-6(9)5-1-3-7-4-2-5/h1-6H;1-2H;1-4,8-9H. The molecule has 0 aliphatic carbocycles. The molecule has 0 spiro atoms. The first-order valence-corrected chi connectivity index (χ1v) is 10.6. The van der Waals surface area contributed by atoms with Crippen molar-refractivity contribution < 1.29 is 27.6 Å². The van der Waals surface area contributed by atoms with Gasteiger partial charge in [-0.2, -0.15) is 10.5 Å². The molecular formula is C24H14BBrF4N4O2. The molecule has 0 amide bonds. The van der Waals surface area contributed by atoms with Crippen LogP contribution < -0.4 is 5.46 Å². The maximum absolute atomic E-state index is 13.7. The third-order valence-electron chi connectivity index (χ3n) is 4.35. The Morgan fingerprint density at radius 2 is 1.17 bits per heavy atom. The highest BCUT2D eigenvalue weighted by Gasteiger charge is 2.14. The number of rotatable bonds is 2. The fraction of sp³-hybridized carbons (Fsp3) is 0. The lowest BCUT2D eigenvalue weighted by atomic mass is 9.81. The van der Waals surface area contributed by atoms with E-state index >= 15 is 0 Å². The van der Waals surface area contributed by atoms with Crippen LogP contribution in [0.25, 0.3) is 11.1 Å². The number of nitrogens with zero attached hydrogens (tertiary/aromatic N) is 4.